The number of nitrogens with one attached hydrogen (secondary N) is 11. The lowest BCUT2D eigenvalue weighted by Gasteiger charge is -2.30. The molecule has 0 radical (unpaired) electrons. The predicted octanol–water partition coefficient (Wildman–Crippen LogP) is -3.89. The highest BCUT2D eigenvalue weighted by Crippen LogP contribution is 2.22. The Morgan fingerprint density at radius 3 is 1.94 bits per heavy atom. The van der Waals surface area contributed by atoms with Crippen LogP contribution in [0, 0.1) is 5.92 Å². The van der Waals surface area contributed by atoms with Gasteiger partial charge < -0.3 is 95.9 Å². The Hall–Kier alpha value is -9.65. The van der Waals surface area contributed by atoms with Gasteiger partial charge in [0.15, 0.2) is 5.96 Å². The fourth-order valence-electron chi connectivity index (χ4n) is 10.6. The van der Waals surface area contributed by atoms with E-state index in [1.165, 1.54) is 41.7 Å². The van der Waals surface area contributed by atoms with Crippen molar-refractivity contribution in [1.82, 2.24) is 67.7 Å². The molecular formula is C59H84N18O13. The van der Waals surface area contributed by atoms with E-state index in [0.29, 0.717) is 47.0 Å². The number of guanidine groups is 1. The summed E-state index contributed by atoms with van der Waals surface area (Å²) in [4.78, 5) is 167. The average molecular weight is 1250 g/mol. The van der Waals surface area contributed by atoms with Crippen molar-refractivity contribution in [3.05, 3.63) is 84.1 Å². The number of likely N-dealkylation sites (tertiary alicyclic amines) is 1. The average Bonchev–Trinajstić information content (AvgIpc) is 3.74. The number of phenols is 1. The third kappa shape index (κ3) is 21.0. The molecule has 2 aliphatic rings. The number of imidazole rings is 1. The normalized spacial score (nSPS) is 16.9. The molecule has 90 heavy (non-hydrogen) atoms. The van der Waals surface area contributed by atoms with Crippen LogP contribution in [-0.4, -0.2) is 188 Å². The van der Waals surface area contributed by atoms with Crippen molar-refractivity contribution < 1.29 is 63.0 Å². The van der Waals surface area contributed by atoms with Crippen molar-refractivity contribution in [1.29, 1.82) is 0 Å². The second-order valence-corrected chi connectivity index (χ2v) is 22.7. The molecule has 0 bridgehead atoms. The monoisotopic (exact) mass is 1250 g/mol. The lowest BCUT2D eigenvalue weighted by Crippen LogP contribution is -2.61. The van der Waals surface area contributed by atoms with Crippen LogP contribution in [-0.2, 0) is 72.0 Å². The van der Waals surface area contributed by atoms with Gasteiger partial charge in [-0.2, -0.15) is 0 Å². The fraction of sp³-hybridized carbons (Fsp3) is 0.508. The van der Waals surface area contributed by atoms with Gasteiger partial charge in [-0.15, -0.1) is 0 Å². The summed E-state index contributed by atoms with van der Waals surface area (Å²) in [6.07, 6.45) is 5.83. The van der Waals surface area contributed by atoms with E-state index in [1.54, 1.807) is 44.3 Å². The third-order valence-corrected chi connectivity index (χ3v) is 15.2. The van der Waals surface area contributed by atoms with Gasteiger partial charge in [-0.3, -0.25) is 57.7 Å². The van der Waals surface area contributed by atoms with Crippen LogP contribution in [0.15, 0.2) is 72.2 Å². The summed E-state index contributed by atoms with van der Waals surface area (Å²) in [5.74, 6) is -8.89. The number of benzene rings is 2. The summed E-state index contributed by atoms with van der Waals surface area (Å²) in [6, 6.07) is 0.871. The molecule has 0 aliphatic carbocycles. The minimum atomic E-state index is -1.78. The van der Waals surface area contributed by atoms with Crippen molar-refractivity contribution in [2.24, 2.45) is 33.8 Å². The van der Waals surface area contributed by atoms with E-state index < -0.39 is 127 Å². The first-order valence-corrected chi connectivity index (χ1v) is 30.0. The molecule has 488 valence electrons. The number of nitrogens with zero attached hydrogens (tertiary/aromatic N) is 3. The Labute approximate surface area is 519 Å². The van der Waals surface area contributed by atoms with Crippen molar-refractivity contribution >= 4 is 81.8 Å². The predicted molar refractivity (Wildman–Crippen MR) is 327 cm³/mol. The van der Waals surface area contributed by atoms with Crippen LogP contribution in [0.25, 0.3) is 10.9 Å². The maximum Gasteiger partial charge on any atom is 0.245 e. The lowest BCUT2D eigenvalue weighted by molar-refractivity contribution is -0.142. The van der Waals surface area contributed by atoms with Gasteiger partial charge in [-0.25, -0.2) is 4.98 Å². The molecule has 2 aliphatic heterocycles. The Bertz CT molecular complexity index is 3170. The van der Waals surface area contributed by atoms with E-state index >= 15 is 0 Å². The number of fused-ring (bicyclic) bond motifs is 1. The molecule has 6 rings (SSSR count). The van der Waals surface area contributed by atoms with Crippen LogP contribution in [0.2, 0.25) is 0 Å². The zero-order valence-corrected chi connectivity index (χ0v) is 50.4. The number of hydrogen-bond acceptors (Lipinski definition) is 16. The third-order valence-electron chi connectivity index (χ3n) is 15.2. The van der Waals surface area contributed by atoms with Gasteiger partial charge in [0.05, 0.1) is 19.5 Å². The zero-order chi connectivity index (χ0) is 65.4. The van der Waals surface area contributed by atoms with Gasteiger partial charge in [0.2, 0.25) is 65.0 Å². The van der Waals surface area contributed by atoms with Gasteiger partial charge in [-0.05, 0) is 99.6 Å². The number of carbonyl (C=O) groups excluding carboxylic acids is 11. The number of carbonyl (C=O) groups is 11. The Kier molecular flexibility index (Phi) is 26.4. The number of amides is 11. The van der Waals surface area contributed by atoms with E-state index in [2.05, 4.69) is 67.8 Å². The van der Waals surface area contributed by atoms with Crippen molar-refractivity contribution in [2.45, 2.75) is 152 Å². The number of aliphatic hydroxyl groups excluding tert-OH is 1. The molecular weight excluding hydrogens is 1170 g/mol. The summed E-state index contributed by atoms with van der Waals surface area (Å²) in [7, 11) is 0. The number of aromatic amines is 2. The SMILES string of the molecule is CC(C)C[C@H](NC(=O)[C@@H](CCCCN)NC(=O)[C@H](Cc1ccc(O)cc1)NC(=O)[C@H](CO)NC(=O)C(Cc1c[nH]c2ccccc12)NC(=O)C(Cc1cnc[nH]1)NC(=O)C1CCC(=O)N1)C(=O)N[C@@H](CCCN=C(N)N)C(=O)N1CCC[C@H]1C(=O)NCC(N)=O. The molecule has 2 aromatic heterocycles. The summed E-state index contributed by atoms with van der Waals surface area (Å²) < 4.78 is 0. The van der Waals surface area contributed by atoms with Crippen LogP contribution < -0.4 is 70.8 Å². The van der Waals surface area contributed by atoms with Crippen molar-refractivity contribution in [3.63, 3.8) is 0 Å². The molecule has 2 fully saturated rings. The van der Waals surface area contributed by atoms with E-state index in [-0.39, 0.29) is 107 Å². The first-order chi connectivity index (χ1) is 43.0. The number of aromatic nitrogens is 3. The number of unbranched alkanes of at least 4 members (excludes halogenated alkanes) is 1. The standard InChI is InChI=1S/C59H84N18O13/c1-32(2)23-42(52(84)71-41(12-7-21-65-59(62)63)58(90)77-22-8-13-47(77)57(89)67-29-48(61)80)72-50(82)39(11-5-6-20-60)70-53(85)43(24-33-14-16-36(79)17-15-33)73-56(88)46(30-78)76-54(86)44(25-34-27-66-38-10-4-3-9-37(34)38)74-55(87)45(26-35-28-64-31-68-35)75-51(83)40-18-19-49(81)69-40/h3-4,9-10,14-17,27-28,31-32,39-47,66,78-79H,5-8,11-13,18-26,29-30,60H2,1-2H3,(H2,61,80)(H,64,68)(H,67,89)(H,69,81)(H,70,85)(H,71,84)(H,72,82)(H,73,88)(H,74,87)(H,75,83)(H,76,86)(H4,62,63,65)/t39-,40?,41+,42+,43+,44?,45?,46+,47+/m1/s1. The number of aromatic hydroxyl groups is 1. The number of para-hydroxylation sites is 1. The van der Waals surface area contributed by atoms with E-state index in [9.17, 15) is 63.0 Å². The number of nitrogens with two attached hydrogens (primary N) is 4. The Balaban J connectivity index is 1.23. The Morgan fingerprint density at radius 2 is 1.31 bits per heavy atom. The van der Waals surface area contributed by atoms with Crippen LogP contribution in [0.3, 0.4) is 0 Å². The molecule has 31 heteroatoms. The summed E-state index contributed by atoms with van der Waals surface area (Å²) in [5.41, 5.74) is 24.3. The van der Waals surface area contributed by atoms with Crippen LogP contribution in [0.4, 0.5) is 0 Å². The molecule has 31 nitrogen and oxygen atoms in total. The maximum absolute atomic E-state index is 14.7. The van der Waals surface area contributed by atoms with Gasteiger partial charge in [0, 0.05) is 67.8 Å². The van der Waals surface area contributed by atoms with Crippen molar-refractivity contribution in [3.8, 4) is 5.75 Å². The highest BCUT2D eigenvalue weighted by Gasteiger charge is 2.40. The maximum atomic E-state index is 14.7. The first kappa shape index (κ1) is 69.5. The number of aliphatic imine (C=N–C) groups is 1. The molecule has 2 aromatic carbocycles. The molecule has 4 heterocycles. The number of hydrogen-bond donors (Lipinski definition) is 17. The summed E-state index contributed by atoms with van der Waals surface area (Å²) in [5, 5.41) is 45.3. The summed E-state index contributed by atoms with van der Waals surface area (Å²) >= 11 is 0. The minimum absolute atomic E-state index is 0.00338. The molecule has 0 spiro atoms. The van der Waals surface area contributed by atoms with E-state index in [1.807, 2.05) is 0 Å². The topological polar surface area (TPSA) is 501 Å². The van der Waals surface area contributed by atoms with Gasteiger partial charge >= 0.3 is 0 Å². The quantitative estimate of drug-likeness (QED) is 0.0119. The van der Waals surface area contributed by atoms with Crippen LogP contribution in [0.1, 0.15) is 94.9 Å². The second-order valence-electron chi connectivity index (χ2n) is 22.7. The smallest absolute Gasteiger partial charge is 0.245 e. The highest BCUT2D eigenvalue weighted by atomic mass is 16.3. The van der Waals surface area contributed by atoms with E-state index in [0.717, 1.165) is 0 Å². The molecule has 11 amide bonds. The number of rotatable bonds is 35. The number of H-pyrrole nitrogens is 2. The number of phenolic OH excluding ortho intramolecular Hbond substituents is 1. The number of aliphatic hydroxyl groups is 1. The van der Waals surface area contributed by atoms with Gasteiger partial charge in [0.25, 0.3) is 0 Å². The fourth-order valence-corrected chi connectivity index (χ4v) is 10.6. The first-order valence-electron chi connectivity index (χ1n) is 30.0. The molecule has 4 aromatic rings. The minimum Gasteiger partial charge on any atom is -0.508 e. The van der Waals surface area contributed by atoms with Crippen LogP contribution >= 0.6 is 0 Å². The molecule has 9 atom stereocenters. The molecule has 21 N–H and O–H groups in total. The number of primary amides is 1. The highest BCUT2D eigenvalue weighted by molar-refractivity contribution is 6.00. The summed E-state index contributed by atoms with van der Waals surface area (Å²) in [6.45, 7) is 2.57. The van der Waals surface area contributed by atoms with Gasteiger partial charge in [-0.1, -0.05) is 44.2 Å². The lowest BCUT2D eigenvalue weighted by atomic mass is 10.00. The largest absolute Gasteiger partial charge is 0.508 e. The van der Waals surface area contributed by atoms with E-state index in [4.69, 9.17) is 22.9 Å². The van der Waals surface area contributed by atoms with Crippen LogP contribution in [0.5, 0.6) is 5.75 Å². The zero-order valence-electron chi connectivity index (χ0n) is 50.4. The van der Waals surface area contributed by atoms with Crippen molar-refractivity contribution in [2.75, 3.05) is 32.8 Å². The van der Waals surface area contributed by atoms with Gasteiger partial charge in [0.1, 0.15) is 60.1 Å². The molecule has 0 saturated carbocycles. The molecule has 3 unspecified atom stereocenters. The Morgan fingerprint density at radius 1 is 0.700 bits per heavy atom. The second kappa shape index (κ2) is 34.2. The molecule has 2 saturated heterocycles.